The molecular weight excluding hydrogens is 328 g/mol. The van der Waals surface area contributed by atoms with E-state index in [-0.39, 0.29) is 45.1 Å². The molecule has 0 bridgehead atoms. The molecule has 0 spiro atoms. The third-order valence-electron chi connectivity index (χ3n) is 4.69. The molecule has 0 radical (unpaired) electrons. The number of hydrogen-bond acceptors (Lipinski definition) is 5. The molecule has 6 nitrogen and oxygen atoms in total. The maximum atomic E-state index is 12.6. The first kappa shape index (κ1) is 21.2. The second-order valence-corrected chi connectivity index (χ2v) is 6.60. The van der Waals surface area contributed by atoms with E-state index in [0.717, 1.165) is 0 Å². The molecule has 1 rings (SSSR count). The molecule has 0 saturated carbocycles. The number of carboxylic acid groups (broad SMARTS) is 1. The van der Waals surface area contributed by atoms with Crippen LogP contribution < -0.4 is 5.73 Å². The molecule has 0 amide bonds. The fourth-order valence-electron chi connectivity index (χ4n) is 2.95. The minimum absolute atomic E-state index is 0.0303. The van der Waals surface area contributed by atoms with Crippen LogP contribution >= 0.6 is 0 Å². The molecule has 1 saturated heterocycles. The van der Waals surface area contributed by atoms with Crippen LogP contribution in [-0.2, 0) is 4.79 Å². The van der Waals surface area contributed by atoms with Crippen molar-refractivity contribution in [3.63, 3.8) is 0 Å². The van der Waals surface area contributed by atoms with Gasteiger partial charge in [0.05, 0.1) is 5.92 Å². The van der Waals surface area contributed by atoms with E-state index in [0.29, 0.717) is 19.4 Å². The number of carbonyl (C=O) groups is 1. The van der Waals surface area contributed by atoms with Crippen molar-refractivity contribution in [2.24, 2.45) is 11.7 Å². The van der Waals surface area contributed by atoms with Gasteiger partial charge in [-0.2, -0.15) is 13.2 Å². The lowest BCUT2D eigenvalue weighted by molar-refractivity contribution is -0.185. The first-order chi connectivity index (χ1) is 11.0. The molecule has 1 aliphatic heterocycles. The summed E-state index contributed by atoms with van der Waals surface area (Å²) in [6, 6.07) is 0. The van der Waals surface area contributed by atoms with Gasteiger partial charge in [-0.25, -0.2) is 0 Å². The Bertz CT molecular complexity index is 404. The van der Waals surface area contributed by atoms with Crippen LogP contribution in [0, 0.1) is 5.92 Å². The summed E-state index contributed by atoms with van der Waals surface area (Å²) in [6.45, 7) is 0.920. The average molecular weight is 354 g/mol. The van der Waals surface area contributed by atoms with Crippen LogP contribution in [0.3, 0.4) is 0 Å². The zero-order valence-electron chi connectivity index (χ0n) is 13.6. The molecule has 1 aliphatic rings. The third kappa shape index (κ3) is 6.96. The highest BCUT2D eigenvalue weighted by Crippen LogP contribution is 2.34. The van der Waals surface area contributed by atoms with E-state index in [1.54, 1.807) is 0 Å². The number of likely N-dealkylation sites (tertiary alicyclic amines) is 1. The van der Waals surface area contributed by atoms with Crippen LogP contribution in [0.5, 0.6) is 0 Å². The van der Waals surface area contributed by atoms with Gasteiger partial charge in [0.2, 0.25) is 0 Å². The predicted molar refractivity (Wildman–Crippen MR) is 83.2 cm³/mol. The lowest BCUT2D eigenvalue weighted by Gasteiger charge is -2.35. The topological polar surface area (TPSA) is 107 Å². The molecule has 0 aromatic rings. The number of halogens is 3. The van der Waals surface area contributed by atoms with Crippen molar-refractivity contribution in [3.05, 3.63) is 0 Å². The third-order valence-corrected chi connectivity index (χ3v) is 4.69. The minimum atomic E-state index is -4.16. The molecule has 1 fully saturated rings. The monoisotopic (exact) mass is 354 g/mol. The van der Waals surface area contributed by atoms with Crippen molar-refractivity contribution in [1.29, 1.82) is 0 Å². The smallest absolute Gasteiger partial charge is 0.451 e. The normalized spacial score (nSPS) is 19.9. The van der Waals surface area contributed by atoms with Gasteiger partial charge in [-0.15, -0.1) is 0 Å². The SMILES string of the molecule is N[C@](CCCCB(O)O)(CCN1CCC(C(F)(F)F)CC1)C(=O)O. The summed E-state index contributed by atoms with van der Waals surface area (Å²) < 4.78 is 37.9. The molecule has 24 heavy (non-hydrogen) atoms. The van der Waals surface area contributed by atoms with Gasteiger partial charge in [0.1, 0.15) is 5.54 Å². The van der Waals surface area contributed by atoms with Gasteiger partial charge < -0.3 is 25.8 Å². The molecule has 10 heteroatoms. The number of aliphatic carboxylic acids is 1. The number of rotatable bonds is 9. The number of piperidine rings is 1. The van der Waals surface area contributed by atoms with Gasteiger partial charge in [-0.3, -0.25) is 4.79 Å². The van der Waals surface area contributed by atoms with E-state index < -0.39 is 30.7 Å². The van der Waals surface area contributed by atoms with Crippen LogP contribution in [0.25, 0.3) is 0 Å². The quantitative estimate of drug-likeness (QED) is 0.365. The van der Waals surface area contributed by atoms with Gasteiger partial charge in [0.25, 0.3) is 0 Å². The predicted octanol–water partition coefficient (Wildman–Crippen LogP) is 1.08. The van der Waals surface area contributed by atoms with E-state index in [4.69, 9.17) is 15.8 Å². The van der Waals surface area contributed by atoms with Crippen LogP contribution in [0.1, 0.15) is 38.5 Å². The van der Waals surface area contributed by atoms with Crippen molar-refractivity contribution in [2.45, 2.75) is 56.6 Å². The molecule has 0 aliphatic carbocycles. The van der Waals surface area contributed by atoms with Gasteiger partial charge in [0, 0.05) is 6.54 Å². The fourth-order valence-corrected chi connectivity index (χ4v) is 2.95. The van der Waals surface area contributed by atoms with Gasteiger partial charge in [-0.1, -0.05) is 12.8 Å². The summed E-state index contributed by atoms with van der Waals surface area (Å²) in [5, 5.41) is 26.9. The van der Waals surface area contributed by atoms with E-state index in [9.17, 15) is 23.1 Å². The summed E-state index contributed by atoms with van der Waals surface area (Å²) in [4.78, 5) is 13.2. The maximum absolute atomic E-state index is 12.6. The highest BCUT2D eigenvalue weighted by atomic mass is 19.4. The van der Waals surface area contributed by atoms with Crippen LogP contribution in [0.2, 0.25) is 6.32 Å². The summed E-state index contributed by atoms with van der Waals surface area (Å²) in [6.07, 6.45) is -2.72. The molecule has 0 aromatic heterocycles. The Balaban J connectivity index is 2.40. The number of nitrogens with two attached hydrogens (primary N) is 1. The highest BCUT2D eigenvalue weighted by Gasteiger charge is 2.41. The molecule has 140 valence electrons. The second-order valence-electron chi connectivity index (χ2n) is 6.60. The lowest BCUT2D eigenvalue weighted by Crippen LogP contribution is -2.51. The Labute approximate surface area is 140 Å². The maximum Gasteiger partial charge on any atom is 0.451 e. The lowest BCUT2D eigenvalue weighted by atomic mass is 9.81. The molecule has 0 unspecified atom stereocenters. The number of carboxylic acids is 1. The van der Waals surface area contributed by atoms with Crippen molar-refractivity contribution >= 4 is 13.1 Å². The largest absolute Gasteiger partial charge is 0.480 e. The van der Waals surface area contributed by atoms with Gasteiger partial charge >= 0.3 is 19.3 Å². The number of alkyl halides is 3. The Morgan fingerprint density at radius 3 is 2.21 bits per heavy atom. The second kappa shape index (κ2) is 9.03. The number of nitrogens with zero attached hydrogens (tertiary/aromatic N) is 1. The molecular formula is C14H26BF3N2O4. The number of unbranched alkanes of at least 4 members (excludes halogenated alkanes) is 1. The first-order valence-electron chi connectivity index (χ1n) is 8.22. The Morgan fingerprint density at radius 2 is 1.75 bits per heavy atom. The van der Waals surface area contributed by atoms with E-state index >= 15 is 0 Å². The summed E-state index contributed by atoms with van der Waals surface area (Å²) in [7, 11) is -1.42. The van der Waals surface area contributed by atoms with Crippen molar-refractivity contribution in [2.75, 3.05) is 19.6 Å². The zero-order valence-corrected chi connectivity index (χ0v) is 13.6. The highest BCUT2D eigenvalue weighted by molar-refractivity contribution is 6.40. The first-order valence-corrected chi connectivity index (χ1v) is 8.22. The van der Waals surface area contributed by atoms with Gasteiger partial charge in [0.15, 0.2) is 0 Å². The Hall–Kier alpha value is -0.835. The Kier molecular flexibility index (Phi) is 7.98. The van der Waals surface area contributed by atoms with Gasteiger partial charge in [-0.05, 0) is 45.1 Å². The molecule has 5 N–H and O–H groups in total. The number of hydrogen-bond donors (Lipinski definition) is 4. The molecule has 0 aromatic carbocycles. The molecule has 1 heterocycles. The molecule has 1 atom stereocenters. The summed E-state index contributed by atoms with van der Waals surface area (Å²) in [5.74, 6) is -2.42. The van der Waals surface area contributed by atoms with Crippen LogP contribution in [-0.4, -0.2) is 64.5 Å². The minimum Gasteiger partial charge on any atom is -0.480 e. The zero-order chi connectivity index (χ0) is 18.4. The van der Waals surface area contributed by atoms with E-state index in [1.807, 2.05) is 4.90 Å². The standard InChI is InChI=1S/C14H26BF3N2O4/c16-14(17,18)11-3-8-20(9-4-11)10-6-13(19,12(21)22)5-1-2-7-15(23)24/h11,23-24H,1-10,19H2,(H,21,22)/t13-/m1/s1. The van der Waals surface area contributed by atoms with E-state index in [2.05, 4.69) is 0 Å². The van der Waals surface area contributed by atoms with Crippen LogP contribution in [0.4, 0.5) is 13.2 Å². The summed E-state index contributed by atoms with van der Waals surface area (Å²) in [5.41, 5.74) is 4.50. The van der Waals surface area contributed by atoms with Crippen molar-refractivity contribution in [3.8, 4) is 0 Å². The Morgan fingerprint density at radius 1 is 1.17 bits per heavy atom. The van der Waals surface area contributed by atoms with E-state index in [1.165, 1.54) is 0 Å². The van der Waals surface area contributed by atoms with Crippen LogP contribution in [0.15, 0.2) is 0 Å². The fraction of sp³-hybridized carbons (Fsp3) is 0.929. The average Bonchev–Trinajstić information content (AvgIpc) is 2.49. The van der Waals surface area contributed by atoms with Crippen molar-refractivity contribution < 1.29 is 33.1 Å². The summed E-state index contributed by atoms with van der Waals surface area (Å²) >= 11 is 0. The van der Waals surface area contributed by atoms with Crippen molar-refractivity contribution in [1.82, 2.24) is 4.90 Å².